The molecule has 0 radical (unpaired) electrons. The number of hydrogen-bond acceptors (Lipinski definition) is 3. The van der Waals surface area contributed by atoms with Gasteiger partial charge in [0.25, 0.3) is 0 Å². The topological polar surface area (TPSA) is 47.3 Å². The van der Waals surface area contributed by atoms with E-state index in [4.69, 9.17) is 10.5 Å². The molecule has 0 saturated carbocycles. The van der Waals surface area contributed by atoms with E-state index in [1.165, 1.54) is 5.56 Å². The van der Waals surface area contributed by atoms with Crippen molar-refractivity contribution in [1.82, 2.24) is 5.32 Å². The molecule has 3 nitrogen and oxygen atoms in total. The second kappa shape index (κ2) is 4.64. The second-order valence-corrected chi connectivity index (χ2v) is 4.03. The molecule has 1 saturated heterocycles. The van der Waals surface area contributed by atoms with Crippen LogP contribution in [0.15, 0.2) is 24.3 Å². The van der Waals surface area contributed by atoms with Gasteiger partial charge in [0.05, 0.1) is 7.11 Å². The van der Waals surface area contributed by atoms with Gasteiger partial charge in [0.1, 0.15) is 5.75 Å². The minimum absolute atomic E-state index is 0.307. The van der Waals surface area contributed by atoms with Crippen molar-refractivity contribution in [2.45, 2.75) is 24.9 Å². The summed E-state index contributed by atoms with van der Waals surface area (Å²) in [5.41, 5.74) is 7.19. The lowest BCUT2D eigenvalue weighted by Crippen LogP contribution is -2.38. The minimum Gasteiger partial charge on any atom is -0.496 e. The molecule has 2 unspecified atom stereocenters. The maximum atomic E-state index is 5.97. The van der Waals surface area contributed by atoms with Crippen LogP contribution in [-0.4, -0.2) is 19.7 Å². The fraction of sp³-hybridized carbons (Fsp3) is 0.500. The van der Waals surface area contributed by atoms with E-state index >= 15 is 0 Å². The first-order chi connectivity index (χ1) is 7.31. The first-order valence-electron chi connectivity index (χ1n) is 5.43. The Hall–Kier alpha value is -1.06. The van der Waals surface area contributed by atoms with E-state index in [2.05, 4.69) is 11.4 Å². The first kappa shape index (κ1) is 10.5. The SMILES string of the molecule is COc1ccccc1C1CC(N)CCN1. The molecule has 3 N–H and O–H groups in total. The first-order valence-corrected chi connectivity index (χ1v) is 5.43. The third kappa shape index (κ3) is 2.30. The Morgan fingerprint density at radius 1 is 1.40 bits per heavy atom. The lowest BCUT2D eigenvalue weighted by atomic mass is 9.94. The van der Waals surface area contributed by atoms with Crippen molar-refractivity contribution < 1.29 is 4.74 Å². The zero-order valence-corrected chi connectivity index (χ0v) is 9.07. The zero-order valence-electron chi connectivity index (χ0n) is 9.07. The molecule has 0 aromatic heterocycles. The summed E-state index contributed by atoms with van der Waals surface area (Å²) in [5.74, 6) is 0.948. The molecule has 1 heterocycles. The van der Waals surface area contributed by atoms with Crippen LogP contribution in [0.1, 0.15) is 24.4 Å². The summed E-state index contributed by atoms with van der Waals surface area (Å²) in [6, 6.07) is 8.78. The highest BCUT2D eigenvalue weighted by Crippen LogP contribution is 2.29. The van der Waals surface area contributed by atoms with E-state index in [0.29, 0.717) is 12.1 Å². The predicted octanol–water partition coefficient (Wildman–Crippen LogP) is 1.45. The van der Waals surface area contributed by atoms with Crippen molar-refractivity contribution in [2.24, 2.45) is 5.73 Å². The number of methoxy groups -OCH3 is 1. The van der Waals surface area contributed by atoms with Crippen LogP contribution in [-0.2, 0) is 0 Å². The zero-order chi connectivity index (χ0) is 10.7. The third-order valence-corrected chi connectivity index (χ3v) is 2.96. The molecule has 1 aromatic carbocycles. The molecule has 15 heavy (non-hydrogen) atoms. The molecule has 82 valence electrons. The second-order valence-electron chi connectivity index (χ2n) is 4.03. The van der Waals surface area contributed by atoms with Gasteiger partial charge in [-0.25, -0.2) is 0 Å². The van der Waals surface area contributed by atoms with Gasteiger partial charge in [0.15, 0.2) is 0 Å². The van der Waals surface area contributed by atoms with Gasteiger partial charge in [-0.3, -0.25) is 0 Å². The van der Waals surface area contributed by atoms with Gasteiger partial charge in [-0.1, -0.05) is 18.2 Å². The summed E-state index contributed by atoms with van der Waals surface area (Å²) in [6.07, 6.45) is 2.05. The average molecular weight is 206 g/mol. The molecule has 1 aromatic rings. The number of benzene rings is 1. The molecular formula is C12H18N2O. The van der Waals surface area contributed by atoms with Crippen LogP contribution in [0, 0.1) is 0 Å². The summed E-state index contributed by atoms with van der Waals surface area (Å²) in [7, 11) is 1.71. The average Bonchev–Trinajstić information content (AvgIpc) is 2.29. The Labute approximate surface area is 90.6 Å². The number of nitrogens with one attached hydrogen (secondary N) is 1. The molecule has 1 aliphatic heterocycles. The summed E-state index contributed by atoms with van der Waals surface area (Å²) in [5, 5.41) is 3.48. The van der Waals surface area contributed by atoms with E-state index in [9.17, 15) is 0 Å². The van der Waals surface area contributed by atoms with Crippen LogP contribution < -0.4 is 15.8 Å². The third-order valence-electron chi connectivity index (χ3n) is 2.96. The van der Waals surface area contributed by atoms with Gasteiger partial charge >= 0.3 is 0 Å². The van der Waals surface area contributed by atoms with Crippen molar-refractivity contribution in [2.75, 3.05) is 13.7 Å². The van der Waals surface area contributed by atoms with Crippen LogP contribution in [0.5, 0.6) is 5.75 Å². The Morgan fingerprint density at radius 3 is 2.93 bits per heavy atom. The maximum absolute atomic E-state index is 5.97. The van der Waals surface area contributed by atoms with Gasteiger partial charge in [0.2, 0.25) is 0 Å². The molecule has 2 rings (SSSR count). The smallest absolute Gasteiger partial charge is 0.123 e. The Kier molecular flexibility index (Phi) is 3.23. The van der Waals surface area contributed by atoms with Gasteiger partial charge < -0.3 is 15.8 Å². The molecular weight excluding hydrogens is 188 g/mol. The lowest BCUT2D eigenvalue weighted by Gasteiger charge is -2.29. The monoisotopic (exact) mass is 206 g/mol. The number of nitrogens with two attached hydrogens (primary N) is 1. The van der Waals surface area contributed by atoms with Gasteiger partial charge in [0, 0.05) is 17.6 Å². The summed E-state index contributed by atoms with van der Waals surface area (Å²) in [6.45, 7) is 0.990. The Balaban J connectivity index is 2.20. The van der Waals surface area contributed by atoms with Gasteiger partial charge in [-0.15, -0.1) is 0 Å². The number of hydrogen-bond donors (Lipinski definition) is 2. The van der Waals surface area contributed by atoms with E-state index in [1.807, 2.05) is 18.2 Å². The van der Waals surface area contributed by atoms with Crippen molar-refractivity contribution in [3.8, 4) is 5.75 Å². The molecule has 0 amide bonds. The van der Waals surface area contributed by atoms with Crippen molar-refractivity contribution in [3.05, 3.63) is 29.8 Å². The Morgan fingerprint density at radius 2 is 2.20 bits per heavy atom. The van der Waals surface area contributed by atoms with Crippen LogP contribution >= 0.6 is 0 Å². The van der Waals surface area contributed by atoms with E-state index in [1.54, 1.807) is 7.11 Å². The molecule has 0 aliphatic carbocycles. The predicted molar refractivity (Wildman–Crippen MR) is 60.9 cm³/mol. The summed E-state index contributed by atoms with van der Waals surface area (Å²) >= 11 is 0. The van der Waals surface area contributed by atoms with Crippen molar-refractivity contribution >= 4 is 0 Å². The van der Waals surface area contributed by atoms with E-state index in [-0.39, 0.29) is 0 Å². The summed E-state index contributed by atoms with van der Waals surface area (Å²) in [4.78, 5) is 0. The highest BCUT2D eigenvalue weighted by atomic mass is 16.5. The number of rotatable bonds is 2. The molecule has 1 fully saturated rings. The maximum Gasteiger partial charge on any atom is 0.123 e. The number of para-hydroxylation sites is 1. The molecule has 2 atom stereocenters. The van der Waals surface area contributed by atoms with E-state index in [0.717, 1.165) is 25.1 Å². The Bertz CT molecular complexity index is 327. The molecule has 3 heteroatoms. The summed E-state index contributed by atoms with van der Waals surface area (Å²) < 4.78 is 5.35. The number of piperidine rings is 1. The van der Waals surface area contributed by atoms with Crippen LogP contribution in [0.25, 0.3) is 0 Å². The van der Waals surface area contributed by atoms with Crippen LogP contribution in [0.4, 0.5) is 0 Å². The van der Waals surface area contributed by atoms with E-state index < -0.39 is 0 Å². The van der Waals surface area contributed by atoms with Gasteiger partial charge in [-0.2, -0.15) is 0 Å². The fourth-order valence-corrected chi connectivity index (χ4v) is 2.14. The van der Waals surface area contributed by atoms with Crippen LogP contribution in [0.2, 0.25) is 0 Å². The van der Waals surface area contributed by atoms with Crippen molar-refractivity contribution in [1.29, 1.82) is 0 Å². The lowest BCUT2D eigenvalue weighted by molar-refractivity contribution is 0.350. The standard InChI is InChI=1S/C12H18N2O/c1-15-12-5-3-2-4-10(12)11-8-9(13)6-7-14-11/h2-5,9,11,14H,6-8,13H2,1H3. The quantitative estimate of drug-likeness (QED) is 0.770. The fourth-order valence-electron chi connectivity index (χ4n) is 2.14. The molecule has 0 bridgehead atoms. The van der Waals surface area contributed by atoms with Gasteiger partial charge in [-0.05, 0) is 25.5 Å². The normalized spacial score (nSPS) is 26.3. The minimum atomic E-state index is 0.307. The molecule has 0 spiro atoms. The largest absolute Gasteiger partial charge is 0.496 e. The van der Waals surface area contributed by atoms with Crippen LogP contribution in [0.3, 0.4) is 0 Å². The molecule has 1 aliphatic rings. The highest BCUT2D eigenvalue weighted by Gasteiger charge is 2.22. The van der Waals surface area contributed by atoms with Crippen molar-refractivity contribution in [3.63, 3.8) is 0 Å². The highest BCUT2D eigenvalue weighted by molar-refractivity contribution is 5.36. The number of ether oxygens (including phenoxy) is 1.